The van der Waals surface area contributed by atoms with Crippen LogP contribution in [0.25, 0.3) is 0 Å². The summed E-state index contributed by atoms with van der Waals surface area (Å²) in [6.07, 6.45) is 0. The average molecular weight is 246 g/mol. The van der Waals surface area contributed by atoms with Crippen molar-refractivity contribution in [1.29, 1.82) is 0 Å². The highest BCUT2D eigenvalue weighted by molar-refractivity contribution is 6.40. The van der Waals surface area contributed by atoms with Crippen molar-refractivity contribution in [2.24, 2.45) is 10.4 Å². The van der Waals surface area contributed by atoms with Crippen LogP contribution >= 0.6 is 0 Å². The molecule has 1 rings (SSSR count). The van der Waals surface area contributed by atoms with Crippen LogP contribution in [-0.4, -0.2) is 18.7 Å². The smallest absolute Gasteiger partial charge is 0.265 e. The molecule has 0 spiro atoms. The SMILES string of the molecule is CNC(=O)C(=NC(C)c1ccccc1)C(C)(C)C. The van der Waals surface area contributed by atoms with Crippen LogP contribution in [0.15, 0.2) is 35.3 Å². The number of hydrogen-bond acceptors (Lipinski definition) is 2. The van der Waals surface area contributed by atoms with Gasteiger partial charge in [0.25, 0.3) is 5.91 Å². The van der Waals surface area contributed by atoms with E-state index in [4.69, 9.17) is 0 Å². The lowest BCUT2D eigenvalue weighted by molar-refractivity contribution is -0.114. The van der Waals surface area contributed by atoms with Gasteiger partial charge in [0.05, 0.1) is 6.04 Å². The van der Waals surface area contributed by atoms with Gasteiger partial charge in [0.1, 0.15) is 5.71 Å². The molecule has 0 fully saturated rings. The second-order valence-corrected chi connectivity index (χ2v) is 5.39. The predicted octanol–water partition coefficient (Wildman–Crippen LogP) is 2.98. The Morgan fingerprint density at radius 3 is 2.22 bits per heavy atom. The van der Waals surface area contributed by atoms with E-state index >= 15 is 0 Å². The first-order chi connectivity index (χ1) is 8.36. The van der Waals surface area contributed by atoms with Crippen LogP contribution in [0.1, 0.15) is 39.3 Å². The average Bonchev–Trinajstić information content (AvgIpc) is 2.34. The zero-order valence-corrected chi connectivity index (χ0v) is 11.8. The molecule has 1 amide bonds. The molecule has 0 aliphatic carbocycles. The lowest BCUT2D eigenvalue weighted by Gasteiger charge is -2.22. The Labute approximate surface area is 109 Å². The number of carbonyl (C=O) groups excluding carboxylic acids is 1. The van der Waals surface area contributed by atoms with E-state index in [0.717, 1.165) is 5.56 Å². The number of aliphatic imine (C=N–C) groups is 1. The topological polar surface area (TPSA) is 41.5 Å². The fourth-order valence-corrected chi connectivity index (χ4v) is 1.71. The van der Waals surface area contributed by atoms with Crippen molar-refractivity contribution in [2.45, 2.75) is 33.7 Å². The molecule has 0 radical (unpaired) electrons. The van der Waals surface area contributed by atoms with Crippen LogP contribution in [0.2, 0.25) is 0 Å². The highest BCUT2D eigenvalue weighted by atomic mass is 16.1. The van der Waals surface area contributed by atoms with Crippen LogP contribution in [0, 0.1) is 5.41 Å². The minimum absolute atomic E-state index is 0.0160. The van der Waals surface area contributed by atoms with Gasteiger partial charge in [-0.2, -0.15) is 0 Å². The van der Waals surface area contributed by atoms with E-state index in [2.05, 4.69) is 10.3 Å². The van der Waals surface area contributed by atoms with E-state index in [1.165, 1.54) is 0 Å². The minimum atomic E-state index is -0.261. The van der Waals surface area contributed by atoms with Crippen molar-refractivity contribution in [3.05, 3.63) is 35.9 Å². The van der Waals surface area contributed by atoms with Gasteiger partial charge < -0.3 is 5.32 Å². The molecule has 0 saturated heterocycles. The van der Waals surface area contributed by atoms with Gasteiger partial charge >= 0.3 is 0 Å². The fraction of sp³-hybridized carbons (Fsp3) is 0.467. The molecular formula is C15H22N2O. The Kier molecular flexibility index (Phi) is 4.65. The molecule has 0 aromatic heterocycles. The third kappa shape index (κ3) is 3.69. The summed E-state index contributed by atoms with van der Waals surface area (Å²) in [5.74, 6) is -0.106. The summed E-state index contributed by atoms with van der Waals surface area (Å²) in [4.78, 5) is 16.5. The van der Waals surface area contributed by atoms with Crippen LogP contribution in [-0.2, 0) is 4.79 Å². The molecule has 0 bridgehead atoms. The van der Waals surface area contributed by atoms with Gasteiger partial charge in [0.15, 0.2) is 0 Å². The summed E-state index contributed by atoms with van der Waals surface area (Å²) in [5, 5.41) is 2.66. The van der Waals surface area contributed by atoms with Crippen molar-refractivity contribution in [1.82, 2.24) is 5.32 Å². The Morgan fingerprint density at radius 2 is 1.78 bits per heavy atom. The maximum Gasteiger partial charge on any atom is 0.265 e. The number of rotatable bonds is 3. The zero-order valence-electron chi connectivity index (χ0n) is 11.8. The molecule has 1 unspecified atom stereocenters. The van der Waals surface area contributed by atoms with Crippen LogP contribution < -0.4 is 5.32 Å². The van der Waals surface area contributed by atoms with Gasteiger partial charge in [0.2, 0.25) is 0 Å². The first kappa shape index (κ1) is 14.4. The van der Waals surface area contributed by atoms with E-state index in [-0.39, 0.29) is 17.4 Å². The molecule has 0 aliphatic heterocycles. The summed E-state index contributed by atoms with van der Waals surface area (Å²) < 4.78 is 0. The molecule has 1 aromatic carbocycles. The van der Waals surface area contributed by atoms with E-state index in [0.29, 0.717) is 5.71 Å². The number of nitrogens with one attached hydrogen (secondary N) is 1. The number of nitrogens with zero attached hydrogens (tertiary/aromatic N) is 1. The molecule has 0 saturated carbocycles. The molecule has 1 N–H and O–H groups in total. The zero-order chi connectivity index (χ0) is 13.8. The van der Waals surface area contributed by atoms with Crippen molar-refractivity contribution in [3.63, 3.8) is 0 Å². The fourth-order valence-electron chi connectivity index (χ4n) is 1.71. The second-order valence-electron chi connectivity index (χ2n) is 5.39. The van der Waals surface area contributed by atoms with Crippen molar-refractivity contribution in [2.75, 3.05) is 7.05 Å². The van der Waals surface area contributed by atoms with E-state index in [9.17, 15) is 4.79 Å². The normalized spacial score (nSPS) is 14.2. The lowest BCUT2D eigenvalue weighted by atomic mass is 9.89. The van der Waals surface area contributed by atoms with Gasteiger partial charge in [0, 0.05) is 12.5 Å². The number of benzene rings is 1. The van der Waals surface area contributed by atoms with Crippen LogP contribution in [0.5, 0.6) is 0 Å². The molecule has 3 heteroatoms. The Bertz CT molecular complexity index is 430. The largest absolute Gasteiger partial charge is 0.354 e. The Morgan fingerprint density at radius 1 is 1.22 bits per heavy atom. The molecule has 98 valence electrons. The lowest BCUT2D eigenvalue weighted by Crippen LogP contribution is -2.37. The maximum absolute atomic E-state index is 11.9. The van der Waals surface area contributed by atoms with Gasteiger partial charge in [-0.15, -0.1) is 0 Å². The highest BCUT2D eigenvalue weighted by Crippen LogP contribution is 2.22. The Balaban J connectivity index is 3.06. The van der Waals surface area contributed by atoms with Crippen molar-refractivity contribution >= 4 is 11.6 Å². The van der Waals surface area contributed by atoms with Crippen molar-refractivity contribution < 1.29 is 4.79 Å². The number of amides is 1. The summed E-state index contributed by atoms with van der Waals surface area (Å²) >= 11 is 0. The van der Waals surface area contributed by atoms with Gasteiger partial charge in [-0.25, -0.2) is 0 Å². The van der Waals surface area contributed by atoms with Gasteiger partial charge in [-0.05, 0) is 12.5 Å². The Hall–Kier alpha value is -1.64. The standard InChI is InChI=1S/C15H22N2O/c1-11(12-9-7-6-8-10-12)17-13(14(18)16-5)15(2,3)4/h6-11H,1-5H3,(H,16,18). The highest BCUT2D eigenvalue weighted by Gasteiger charge is 2.25. The molecule has 1 atom stereocenters. The molecular weight excluding hydrogens is 224 g/mol. The quantitative estimate of drug-likeness (QED) is 0.818. The first-order valence-electron chi connectivity index (χ1n) is 6.21. The predicted molar refractivity (Wildman–Crippen MR) is 75.8 cm³/mol. The van der Waals surface area contributed by atoms with Gasteiger partial charge in [-0.1, -0.05) is 51.1 Å². The number of carbonyl (C=O) groups is 1. The summed E-state index contributed by atoms with van der Waals surface area (Å²) in [7, 11) is 1.64. The van der Waals surface area contributed by atoms with E-state index in [1.54, 1.807) is 7.05 Å². The van der Waals surface area contributed by atoms with Gasteiger partial charge in [-0.3, -0.25) is 9.79 Å². The number of hydrogen-bond donors (Lipinski definition) is 1. The maximum atomic E-state index is 11.9. The first-order valence-corrected chi connectivity index (χ1v) is 6.21. The molecule has 18 heavy (non-hydrogen) atoms. The van der Waals surface area contributed by atoms with E-state index < -0.39 is 0 Å². The molecule has 0 heterocycles. The molecule has 3 nitrogen and oxygen atoms in total. The molecule has 1 aromatic rings. The van der Waals surface area contributed by atoms with Crippen molar-refractivity contribution in [3.8, 4) is 0 Å². The van der Waals surface area contributed by atoms with Crippen LogP contribution in [0.3, 0.4) is 0 Å². The summed E-state index contributed by atoms with van der Waals surface area (Å²) in [6.45, 7) is 8.00. The third-order valence-electron chi connectivity index (χ3n) is 2.76. The minimum Gasteiger partial charge on any atom is -0.354 e. The molecule has 0 aliphatic rings. The van der Waals surface area contributed by atoms with E-state index in [1.807, 2.05) is 58.0 Å². The monoisotopic (exact) mass is 246 g/mol. The van der Waals surface area contributed by atoms with Crippen LogP contribution in [0.4, 0.5) is 0 Å². The summed E-state index contributed by atoms with van der Waals surface area (Å²) in [5.41, 5.74) is 1.44. The second kappa shape index (κ2) is 5.80. The summed E-state index contributed by atoms with van der Waals surface area (Å²) in [6, 6.07) is 9.98. The third-order valence-corrected chi connectivity index (χ3v) is 2.76.